The summed E-state index contributed by atoms with van der Waals surface area (Å²) in [6.45, 7) is 7.55. The number of nitrogens with zero attached hydrogens (tertiary/aromatic N) is 1. The number of carbonyl (C=O) groups excluding carboxylic acids is 2. The minimum absolute atomic E-state index is 0.0607. The van der Waals surface area contributed by atoms with Crippen molar-refractivity contribution in [3.63, 3.8) is 0 Å². The Morgan fingerprint density at radius 1 is 1.19 bits per heavy atom. The van der Waals surface area contributed by atoms with Gasteiger partial charge in [0.15, 0.2) is 0 Å². The van der Waals surface area contributed by atoms with Gasteiger partial charge in [-0.05, 0) is 40.0 Å². The number of hydrogen-bond acceptors (Lipinski definition) is 6. The van der Waals surface area contributed by atoms with Crippen LogP contribution in [0, 0.1) is 5.92 Å². The molecule has 1 unspecified atom stereocenters. The van der Waals surface area contributed by atoms with Gasteiger partial charge < -0.3 is 18.8 Å². The van der Waals surface area contributed by atoms with Crippen molar-refractivity contribution in [3.05, 3.63) is 0 Å². The molecule has 0 aromatic heterocycles. The maximum atomic E-state index is 11.9. The molecule has 0 bridgehead atoms. The Hall–Kier alpha value is -0.923. The first-order valence-electron chi connectivity index (χ1n) is 7.31. The van der Waals surface area contributed by atoms with Crippen LogP contribution in [-0.4, -0.2) is 66.3 Å². The van der Waals surface area contributed by atoms with E-state index in [2.05, 4.69) is 6.55 Å². The fraction of sp³-hybridized carbons (Fsp3) is 0.857. The molecule has 1 atom stereocenters. The van der Waals surface area contributed by atoms with Crippen LogP contribution in [0.5, 0.6) is 0 Å². The molecule has 0 N–H and O–H groups in total. The van der Waals surface area contributed by atoms with E-state index < -0.39 is 15.0 Å². The Morgan fingerprint density at radius 2 is 1.81 bits per heavy atom. The molecule has 123 valence electrons. The van der Waals surface area contributed by atoms with Crippen LogP contribution in [-0.2, 0) is 23.5 Å². The lowest BCUT2D eigenvalue weighted by Gasteiger charge is -2.23. The zero-order chi connectivity index (χ0) is 16.3. The van der Waals surface area contributed by atoms with Crippen molar-refractivity contribution in [1.29, 1.82) is 0 Å². The summed E-state index contributed by atoms with van der Waals surface area (Å²) in [5, 5.41) is 0. The van der Waals surface area contributed by atoms with Crippen LogP contribution in [0.2, 0.25) is 12.6 Å². The molecule has 0 spiro atoms. The molecular weight excluding hydrogens is 290 g/mol. The van der Waals surface area contributed by atoms with Crippen molar-refractivity contribution in [2.75, 3.05) is 40.5 Å². The summed E-state index contributed by atoms with van der Waals surface area (Å²) < 4.78 is 15.3. The molecule has 0 aromatic carbocycles. The van der Waals surface area contributed by atoms with E-state index in [0.717, 1.165) is 12.6 Å². The van der Waals surface area contributed by atoms with Crippen molar-refractivity contribution in [3.8, 4) is 0 Å². The van der Waals surface area contributed by atoms with Gasteiger partial charge in [0.05, 0.1) is 25.6 Å². The fourth-order valence-electron chi connectivity index (χ4n) is 1.82. The molecule has 0 saturated carbocycles. The number of ether oxygens (including phenoxy) is 2. The molecular formula is C14H28NO5Si. The summed E-state index contributed by atoms with van der Waals surface area (Å²) in [5.74, 6) is -1.18. The number of carbonyl (C=O) groups is 2. The highest BCUT2D eigenvalue weighted by Gasteiger charge is 2.25. The molecule has 0 heterocycles. The van der Waals surface area contributed by atoms with Gasteiger partial charge in [-0.1, -0.05) is 0 Å². The van der Waals surface area contributed by atoms with Gasteiger partial charge in [0.25, 0.3) is 0 Å². The van der Waals surface area contributed by atoms with E-state index in [1.165, 1.54) is 0 Å². The summed E-state index contributed by atoms with van der Waals surface area (Å²) in [5.41, 5.74) is 0. The highest BCUT2D eigenvalue weighted by molar-refractivity contribution is 6.50. The molecule has 0 fully saturated rings. The van der Waals surface area contributed by atoms with E-state index in [4.69, 9.17) is 13.9 Å². The van der Waals surface area contributed by atoms with Crippen LogP contribution in [0.15, 0.2) is 0 Å². The first kappa shape index (κ1) is 20.1. The van der Waals surface area contributed by atoms with Crippen molar-refractivity contribution in [2.45, 2.75) is 32.9 Å². The fourth-order valence-corrected chi connectivity index (χ4v) is 2.72. The van der Waals surface area contributed by atoms with E-state index in [1.54, 1.807) is 21.0 Å². The van der Waals surface area contributed by atoms with Gasteiger partial charge in [-0.25, -0.2) is 0 Å². The van der Waals surface area contributed by atoms with Gasteiger partial charge in [0.1, 0.15) is 0 Å². The summed E-state index contributed by atoms with van der Waals surface area (Å²) in [6, 6.07) is 0.965. The van der Waals surface area contributed by atoms with Crippen LogP contribution in [0.4, 0.5) is 0 Å². The van der Waals surface area contributed by atoms with E-state index in [0.29, 0.717) is 19.8 Å². The third-order valence-corrected chi connectivity index (χ3v) is 4.69. The Labute approximate surface area is 129 Å². The highest BCUT2D eigenvalue weighted by atomic mass is 28.3. The monoisotopic (exact) mass is 318 g/mol. The highest BCUT2D eigenvalue weighted by Crippen LogP contribution is 2.10. The normalized spacial score (nSPS) is 12.5. The molecule has 0 aliphatic heterocycles. The quantitative estimate of drug-likeness (QED) is 0.423. The predicted octanol–water partition coefficient (Wildman–Crippen LogP) is 1.32. The summed E-state index contributed by atoms with van der Waals surface area (Å²) in [6.07, 6.45) is 0.0607. The molecule has 1 radical (unpaired) electrons. The summed E-state index contributed by atoms with van der Waals surface area (Å²) in [7, 11) is 2.88. The second kappa shape index (κ2) is 11.7. The lowest BCUT2D eigenvalue weighted by molar-refractivity contribution is -0.155. The van der Waals surface area contributed by atoms with Crippen LogP contribution >= 0.6 is 0 Å². The van der Waals surface area contributed by atoms with Gasteiger partial charge in [0, 0.05) is 13.7 Å². The molecule has 0 aliphatic rings. The Balaban J connectivity index is 4.44. The van der Waals surface area contributed by atoms with Gasteiger partial charge in [-0.3, -0.25) is 9.59 Å². The van der Waals surface area contributed by atoms with Gasteiger partial charge in [-0.15, -0.1) is 0 Å². The molecule has 0 rings (SSSR count). The molecule has 6 nitrogen and oxygen atoms in total. The Morgan fingerprint density at radius 3 is 2.33 bits per heavy atom. The van der Waals surface area contributed by atoms with Gasteiger partial charge >= 0.3 is 11.9 Å². The van der Waals surface area contributed by atoms with Crippen molar-refractivity contribution in [1.82, 2.24) is 4.90 Å². The topological polar surface area (TPSA) is 65.1 Å². The minimum Gasteiger partial charge on any atom is -0.466 e. The number of hydrogen-bond donors (Lipinski definition) is 0. The average molecular weight is 318 g/mol. The second-order valence-corrected chi connectivity index (χ2v) is 7.19. The molecule has 0 aromatic rings. The standard InChI is InChI=1S/C14H28NO5Si/c1-6-19-13(16)10-12(14(17)20-7-2)11-15(3)8-9-21(5)18-4/h12H,6-11H2,1-5H3. The zero-order valence-electron chi connectivity index (χ0n) is 13.8. The summed E-state index contributed by atoms with van der Waals surface area (Å²) >= 11 is 0. The molecule has 0 saturated heterocycles. The Bertz CT molecular complexity index is 314. The SMILES string of the molecule is CCOC(=O)CC(CN(C)CC[Si](C)OC)C(=O)OCC. The van der Waals surface area contributed by atoms with Crippen LogP contribution in [0.1, 0.15) is 20.3 Å². The van der Waals surface area contributed by atoms with Crippen LogP contribution in [0.25, 0.3) is 0 Å². The molecule has 0 aliphatic carbocycles. The maximum Gasteiger partial charge on any atom is 0.310 e. The maximum absolute atomic E-state index is 11.9. The Kier molecular flexibility index (Phi) is 11.2. The smallest absolute Gasteiger partial charge is 0.310 e. The lowest BCUT2D eigenvalue weighted by atomic mass is 10.1. The van der Waals surface area contributed by atoms with Gasteiger partial charge in [0.2, 0.25) is 9.04 Å². The van der Waals surface area contributed by atoms with E-state index in [9.17, 15) is 9.59 Å². The van der Waals surface area contributed by atoms with Crippen molar-refractivity contribution < 1.29 is 23.5 Å². The van der Waals surface area contributed by atoms with Crippen LogP contribution < -0.4 is 0 Å². The third-order valence-electron chi connectivity index (χ3n) is 3.06. The first-order valence-corrected chi connectivity index (χ1v) is 9.43. The van der Waals surface area contributed by atoms with E-state index in [-0.39, 0.29) is 18.4 Å². The van der Waals surface area contributed by atoms with Crippen molar-refractivity contribution >= 4 is 21.0 Å². The molecule has 21 heavy (non-hydrogen) atoms. The largest absolute Gasteiger partial charge is 0.466 e. The molecule has 7 heteroatoms. The minimum atomic E-state index is -0.770. The van der Waals surface area contributed by atoms with Gasteiger partial charge in [-0.2, -0.15) is 0 Å². The number of esters is 2. The van der Waals surface area contributed by atoms with E-state index >= 15 is 0 Å². The second-order valence-electron chi connectivity index (χ2n) is 4.88. The average Bonchev–Trinajstić information content (AvgIpc) is 2.44. The summed E-state index contributed by atoms with van der Waals surface area (Å²) in [4.78, 5) is 25.6. The first-order chi connectivity index (χ1) is 9.94. The van der Waals surface area contributed by atoms with Crippen molar-refractivity contribution in [2.24, 2.45) is 5.92 Å². The molecule has 0 amide bonds. The van der Waals surface area contributed by atoms with E-state index in [1.807, 2.05) is 11.9 Å². The third kappa shape index (κ3) is 9.60. The van der Waals surface area contributed by atoms with Crippen LogP contribution in [0.3, 0.4) is 0 Å². The predicted molar refractivity (Wildman–Crippen MR) is 82.3 cm³/mol. The lowest BCUT2D eigenvalue weighted by Crippen LogP contribution is -2.35. The zero-order valence-corrected chi connectivity index (χ0v) is 14.8. The number of rotatable bonds is 11.